The topological polar surface area (TPSA) is 152 Å². The van der Waals surface area contributed by atoms with Crippen molar-refractivity contribution in [3.63, 3.8) is 0 Å². The second-order valence-electron chi connectivity index (χ2n) is 13.4. The molecule has 0 aromatic rings. The van der Waals surface area contributed by atoms with Crippen LogP contribution in [0.1, 0.15) is 162 Å². The third-order valence-corrected chi connectivity index (χ3v) is 8.90. The van der Waals surface area contributed by atoms with E-state index in [1.807, 2.05) is 6.92 Å². The number of hydrogen-bond acceptors (Lipinski definition) is 10. The number of rotatable bonds is 31. The van der Waals surface area contributed by atoms with Gasteiger partial charge in [-0.1, -0.05) is 122 Å². The lowest BCUT2D eigenvalue weighted by atomic mass is 9.99. The van der Waals surface area contributed by atoms with Crippen molar-refractivity contribution in [2.45, 2.75) is 198 Å². The summed E-state index contributed by atoms with van der Waals surface area (Å²) in [5, 5.41) is 39.6. The second kappa shape index (κ2) is 30.3. The molecule has 0 amide bonds. The number of carbonyl (C=O) groups is 2. The average Bonchev–Trinajstić information content (AvgIpc) is 3.08. The summed E-state index contributed by atoms with van der Waals surface area (Å²) in [6.45, 7) is 3.15. The van der Waals surface area contributed by atoms with Crippen molar-refractivity contribution in [3.05, 3.63) is 12.2 Å². The Morgan fingerprint density at radius 3 is 1.67 bits per heavy atom. The Hall–Kier alpha value is -1.56. The fourth-order valence-electron chi connectivity index (χ4n) is 5.75. The third kappa shape index (κ3) is 22.2. The summed E-state index contributed by atoms with van der Waals surface area (Å²) in [6, 6.07) is 0. The maximum absolute atomic E-state index is 12.6. The standard InChI is InChI=1S/C38H70O10/c1-3-5-7-8-9-10-11-12-13-14-15-16-17-18-19-20-21-22-23-24-25-27-34(41)47-31(29-45-33(40)26-6-4-2)30-46-38-37(44)36(43)35(42)32(28-39)48-38/h14-15,31-32,35-39,42-44H,3-13,16-30H2,1-2H3/b15-14-. The summed E-state index contributed by atoms with van der Waals surface area (Å²) in [4.78, 5) is 24.6. The minimum absolute atomic E-state index is 0.221. The van der Waals surface area contributed by atoms with Crippen LogP contribution in [0.25, 0.3) is 0 Å². The molecule has 0 spiro atoms. The first-order valence-corrected chi connectivity index (χ1v) is 19.3. The Morgan fingerprint density at radius 1 is 0.625 bits per heavy atom. The first-order chi connectivity index (χ1) is 23.3. The number of carbonyl (C=O) groups excluding carboxylic acids is 2. The zero-order valence-electron chi connectivity index (χ0n) is 30.2. The quantitative estimate of drug-likeness (QED) is 0.0347. The highest BCUT2D eigenvalue weighted by molar-refractivity contribution is 5.70. The van der Waals surface area contributed by atoms with Gasteiger partial charge >= 0.3 is 11.9 Å². The highest BCUT2D eigenvalue weighted by atomic mass is 16.7. The van der Waals surface area contributed by atoms with Gasteiger partial charge in [-0.2, -0.15) is 0 Å². The van der Waals surface area contributed by atoms with Gasteiger partial charge in [0.2, 0.25) is 0 Å². The summed E-state index contributed by atoms with van der Waals surface area (Å²) < 4.78 is 21.7. The summed E-state index contributed by atoms with van der Waals surface area (Å²) in [5.41, 5.74) is 0. The number of ether oxygens (including phenoxy) is 4. The molecule has 10 heteroatoms. The van der Waals surface area contributed by atoms with E-state index in [4.69, 9.17) is 18.9 Å². The van der Waals surface area contributed by atoms with Gasteiger partial charge in [0, 0.05) is 12.8 Å². The molecule has 0 radical (unpaired) electrons. The van der Waals surface area contributed by atoms with Gasteiger partial charge in [-0.3, -0.25) is 9.59 Å². The van der Waals surface area contributed by atoms with Crippen LogP contribution in [0.15, 0.2) is 12.2 Å². The van der Waals surface area contributed by atoms with E-state index >= 15 is 0 Å². The number of allylic oxidation sites excluding steroid dienone is 2. The third-order valence-electron chi connectivity index (χ3n) is 8.90. The van der Waals surface area contributed by atoms with Crippen LogP contribution in [0, 0.1) is 0 Å². The fourth-order valence-corrected chi connectivity index (χ4v) is 5.75. The Morgan fingerprint density at radius 2 is 1.12 bits per heavy atom. The SMILES string of the molecule is CCCCCCCCCC/C=C\CCCCCCCCCCCC(=O)OC(COC(=O)CCCC)COC1OC(CO)C(O)C(O)C1O. The molecule has 1 aliphatic rings. The van der Waals surface area contributed by atoms with Gasteiger partial charge in [-0.05, 0) is 38.5 Å². The Labute approximate surface area is 291 Å². The lowest BCUT2D eigenvalue weighted by molar-refractivity contribution is -0.305. The Bertz CT molecular complexity index is 804. The lowest BCUT2D eigenvalue weighted by Gasteiger charge is -2.39. The van der Waals surface area contributed by atoms with Gasteiger partial charge < -0.3 is 39.4 Å². The molecule has 6 atom stereocenters. The van der Waals surface area contributed by atoms with Crippen molar-refractivity contribution in [3.8, 4) is 0 Å². The summed E-state index contributed by atoms with van der Waals surface area (Å²) in [7, 11) is 0. The molecule has 0 saturated carbocycles. The fraction of sp³-hybridized carbons (Fsp3) is 0.895. The van der Waals surface area contributed by atoms with Crippen LogP contribution < -0.4 is 0 Å². The molecule has 282 valence electrons. The lowest BCUT2D eigenvalue weighted by Crippen LogP contribution is -2.59. The van der Waals surface area contributed by atoms with Crippen LogP contribution in [0.2, 0.25) is 0 Å². The van der Waals surface area contributed by atoms with Crippen LogP contribution in [0.5, 0.6) is 0 Å². The van der Waals surface area contributed by atoms with E-state index in [1.54, 1.807) is 0 Å². The molecule has 0 aliphatic carbocycles. The average molecular weight is 687 g/mol. The maximum atomic E-state index is 12.6. The largest absolute Gasteiger partial charge is 0.462 e. The minimum Gasteiger partial charge on any atom is -0.462 e. The van der Waals surface area contributed by atoms with Gasteiger partial charge in [0.1, 0.15) is 31.0 Å². The van der Waals surface area contributed by atoms with E-state index in [0.717, 1.165) is 25.7 Å². The first kappa shape index (κ1) is 44.5. The normalized spacial score (nSPS) is 21.8. The van der Waals surface area contributed by atoms with E-state index < -0.39 is 55.4 Å². The molecule has 1 aliphatic heterocycles. The van der Waals surface area contributed by atoms with Crippen LogP contribution in [-0.4, -0.2) is 89.0 Å². The van der Waals surface area contributed by atoms with Crippen LogP contribution in [-0.2, 0) is 28.5 Å². The van der Waals surface area contributed by atoms with Crippen LogP contribution >= 0.6 is 0 Å². The molecule has 10 nitrogen and oxygen atoms in total. The smallest absolute Gasteiger partial charge is 0.306 e. The molecule has 1 fully saturated rings. The van der Waals surface area contributed by atoms with Gasteiger partial charge in [0.25, 0.3) is 0 Å². The van der Waals surface area contributed by atoms with Gasteiger partial charge in [-0.15, -0.1) is 0 Å². The predicted molar refractivity (Wildman–Crippen MR) is 187 cm³/mol. The molecule has 0 aromatic heterocycles. The molecule has 1 heterocycles. The molecule has 4 N–H and O–H groups in total. The zero-order valence-corrected chi connectivity index (χ0v) is 30.2. The van der Waals surface area contributed by atoms with E-state index in [0.29, 0.717) is 12.8 Å². The van der Waals surface area contributed by atoms with Crippen molar-refractivity contribution in [2.24, 2.45) is 0 Å². The highest BCUT2D eigenvalue weighted by Gasteiger charge is 2.44. The number of aliphatic hydroxyl groups excluding tert-OH is 4. The summed E-state index contributed by atoms with van der Waals surface area (Å²) in [6.07, 6.45) is 22.1. The highest BCUT2D eigenvalue weighted by Crippen LogP contribution is 2.22. The van der Waals surface area contributed by atoms with E-state index in [9.17, 15) is 30.0 Å². The maximum Gasteiger partial charge on any atom is 0.306 e. The van der Waals surface area contributed by atoms with Gasteiger partial charge in [0.15, 0.2) is 12.4 Å². The first-order valence-electron chi connectivity index (χ1n) is 19.3. The van der Waals surface area contributed by atoms with Crippen molar-refractivity contribution >= 4 is 11.9 Å². The monoisotopic (exact) mass is 686 g/mol. The Balaban J connectivity index is 2.17. The van der Waals surface area contributed by atoms with Crippen molar-refractivity contribution < 1.29 is 49.0 Å². The van der Waals surface area contributed by atoms with E-state index in [1.165, 1.54) is 96.3 Å². The van der Waals surface area contributed by atoms with E-state index in [2.05, 4.69) is 19.1 Å². The van der Waals surface area contributed by atoms with E-state index in [-0.39, 0.29) is 26.1 Å². The number of hydrogen-bond donors (Lipinski definition) is 4. The predicted octanol–water partition coefficient (Wildman–Crippen LogP) is 6.83. The molecular formula is C38H70O10. The molecule has 0 bridgehead atoms. The second-order valence-corrected chi connectivity index (χ2v) is 13.4. The van der Waals surface area contributed by atoms with Gasteiger partial charge in [-0.25, -0.2) is 0 Å². The minimum atomic E-state index is -1.59. The molecule has 6 unspecified atom stereocenters. The van der Waals surface area contributed by atoms with Crippen LogP contribution in [0.4, 0.5) is 0 Å². The molecular weight excluding hydrogens is 616 g/mol. The molecule has 0 aromatic carbocycles. The molecule has 1 saturated heterocycles. The van der Waals surface area contributed by atoms with Crippen molar-refractivity contribution in [1.82, 2.24) is 0 Å². The number of aliphatic hydroxyl groups is 4. The van der Waals surface area contributed by atoms with Gasteiger partial charge in [0.05, 0.1) is 13.2 Å². The molecule has 48 heavy (non-hydrogen) atoms. The molecule has 1 rings (SSSR count). The Kier molecular flexibility index (Phi) is 28.0. The van der Waals surface area contributed by atoms with Crippen LogP contribution in [0.3, 0.4) is 0 Å². The number of unbranched alkanes of at least 4 members (excludes halogenated alkanes) is 18. The summed E-state index contributed by atoms with van der Waals surface area (Å²) in [5.74, 6) is -0.846. The zero-order chi connectivity index (χ0) is 35.2. The van der Waals surface area contributed by atoms with Crippen molar-refractivity contribution in [2.75, 3.05) is 19.8 Å². The number of esters is 2. The van der Waals surface area contributed by atoms with Crippen molar-refractivity contribution in [1.29, 1.82) is 0 Å². The summed E-state index contributed by atoms with van der Waals surface area (Å²) >= 11 is 0.